The van der Waals surface area contributed by atoms with E-state index in [0.717, 1.165) is 6.54 Å². The fourth-order valence-corrected chi connectivity index (χ4v) is 3.44. The zero-order valence-electron chi connectivity index (χ0n) is 13.6. The predicted octanol–water partition coefficient (Wildman–Crippen LogP) is 0.914. The number of likely N-dealkylation sites (tertiary alicyclic amines) is 1. The van der Waals surface area contributed by atoms with Crippen molar-refractivity contribution in [3.8, 4) is 5.75 Å². The highest BCUT2D eigenvalue weighted by Gasteiger charge is 2.45. The van der Waals surface area contributed by atoms with E-state index in [0.29, 0.717) is 24.8 Å². The molecule has 2 heterocycles. The quantitative estimate of drug-likeness (QED) is 0.805. The summed E-state index contributed by atoms with van der Waals surface area (Å²) in [6, 6.07) is 9.31. The Bertz CT molecular complexity index is 617. The van der Waals surface area contributed by atoms with Crippen LogP contribution in [0.1, 0.15) is 12.8 Å². The number of rotatable bonds is 5. The van der Waals surface area contributed by atoms with E-state index in [-0.39, 0.29) is 37.2 Å². The molecule has 2 saturated heterocycles. The lowest BCUT2D eigenvalue weighted by Crippen LogP contribution is -2.54. The molecule has 0 N–H and O–H groups in total. The van der Waals surface area contributed by atoms with E-state index in [1.807, 2.05) is 35.2 Å². The Morgan fingerprint density at radius 1 is 1.21 bits per heavy atom. The summed E-state index contributed by atoms with van der Waals surface area (Å²) in [5, 5.41) is 0. The number of hydrogen-bond acceptors (Lipinski definition) is 4. The van der Waals surface area contributed by atoms with Gasteiger partial charge in [-0.05, 0) is 30.9 Å². The minimum Gasteiger partial charge on any atom is -0.484 e. The third-order valence-electron chi connectivity index (χ3n) is 4.99. The fraction of sp³-hybridized carbons (Fsp3) is 0.556. The molecule has 0 unspecified atom stereocenters. The van der Waals surface area contributed by atoms with Crippen molar-refractivity contribution in [3.05, 3.63) is 30.3 Å². The molecule has 24 heavy (non-hydrogen) atoms. The van der Waals surface area contributed by atoms with Crippen LogP contribution in [-0.4, -0.2) is 66.6 Å². The largest absolute Gasteiger partial charge is 0.484 e. The Morgan fingerprint density at radius 3 is 2.75 bits per heavy atom. The standard InChI is InChI=1S/C18H22N2O4/c21-17(11-23-14-4-2-1-3-5-14)19-9-15-16(10-19)24-12-18(22)20(15)8-13-6-7-13/h1-5,13,15-16H,6-12H2/t15-,16-/m1/s1. The van der Waals surface area contributed by atoms with Gasteiger partial charge in [-0.15, -0.1) is 0 Å². The van der Waals surface area contributed by atoms with Crippen molar-refractivity contribution in [2.24, 2.45) is 5.92 Å². The van der Waals surface area contributed by atoms with Crippen molar-refractivity contribution in [1.29, 1.82) is 0 Å². The molecule has 0 bridgehead atoms. The first kappa shape index (κ1) is 15.4. The number of ether oxygens (including phenoxy) is 2. The SMILES string of the molecule is O=C(COc1ccccc1)N1C[C@@H]2[C@@H](C1)OCC(=O)N2CC1CC1. The summed E-state index contributed by atoms with van der Waals surface area (Å²) in [4.78, 5) is 28.3. The van der Waals surface area contributed by atoms with E-state index in [4.69, 9.17) is 9.47 Å². The lowest BCUT2D eigenvalue weighted by molar-refractivity contribution is -0.153. The Kier molecular flexibility index (Phi) is 4.14. The third kappa shape index (κ3) is 3.24. The molecule has 3 aliphatic rings. The summed E-state index contributed by atoms with van der Waals surface area (Å²) in [5.74, 6) is 1.32. The Hall–Kier alpha value is -2.08. The highest BCUT2D eigenvalue weighted by Crippen LogP contribution is 2.33. The molecule has 128 valence electrons. The van der Waals surface area contributed by atoms with Crippen LogP contribution in [0.2, 0.25) is 0 Å². The van der Waals surface area contributed by atoms with Gasteiger partial charge in [0, 0.05) is 19.6 Å². The Balaban J connectivity index is 1.35. The minimum absolute atomic E-state index is 0.00692. The van der Waals surface area contributed by atoms with Crippen LogP contribution in [0.15, 0.2) is 30.3 Å². The second kappa shape index (κ2) is 6.43. The summed E-state index contributed by atoms with van der Waals surface area (Å²) in [7, 11) is 0. The molecule has 2 aliphatic heterocycles. The zero-order valence-corrected chi connectivity index (χ0v) is 13.6. The molecule has 0 spiro atoms. The van der Waals surface area contributed by atoms with Crippen LogP contribution in [0.5, 0.6) is 5.75 Å². The summed E-state index contributed by atoms with van der Waals surface area (Å²) >= 11 is 0. The summed E-state index contributed by atoms with van der Waals surface area (Å²) in [5.41, 5.74) is 0. The molecule has 6 nitrogen and oxygen atoms in total. The first-order valence-electron chi connectivity index (χ1n) is 8.57. The van der Waals surface area contributed by atoms with Gasteiger partial charge >= 0.3 is 0 Å². The minimum atomic E-state index is -0.0675. The smallest absolute Gasteiger partial charge is 0.260 e. The van der Waals surface area contributed by atoms with Gasteiger partial charge in [0.05, 0.1) is 12.1 Å². The van der Waals surface area contributed by atoms with Gasteiger partial charge in [-0.3, -0.25) is 9.59 Å². The number of benzene rings is 1. The molecule has 1 aromatic rings. The van der Waals surface area contributed by atoms with Crippen molar-refractivity contribution in [3.63, 3.8) is 0 Å². The molecule has 0 aromatic heterocycles. The van der Waals surface area contributed by atoms with Crippen molar-refractivity contribution in [2.45, 2.75) is 25.0 Å². The van der Waals surface area contributed by atoms with Crippen molar-refractivity contribution < 1.29 is 19.1 Å². The summed E-state index contributed by atoms with van der Waals surface area (Å²) in [6.07, 6.45) is 2.34. The topological polar surface area (TPSA) is 59.1 Å². The first-order chi connectivity index (χ1) is 11.7. The molecule has 2 atom stereocenters. The lowest BCUT2D eigenvalue weighted by Gasteiger charge is -2.36. The molecule has 1 aliphatic carbocycles. The van der Waals surface area contributed by atoms with Gasteiger partial charge < -0.3 is 19.3 Å². The van der Waals surface area contributed by atoms with E-state index >= 15 is 0 Å². The maximum Gasteiger partial charge on any atom is 0.260 e. The van der Waals surface area contributed by atoms with E-state index < -0.39 is 0 Å². The molecular formula is C18H22N2O4. The molecule has 0 radical (unpaired) electrons. The van der Waals surface area contributed by atoms with Gasteiger partial charge in [0.1, 0.15) is 12.4 Å². The van der Waals surface area contributed by atoms with Crippen molar-refractivity contribution >= 4 is 11.8 Å². The zero-order chi connectivity index (χ0) is 16.5. The first-order valence-corrected chi connectivity index (χ1v) is 8.57. The van der Waals surface area contributed by atoms with Crippen LogP contribution in [0.4, 0.5) is 0 Å². The van der Waals surface area contributed by atoms with Gasteiger partial charge in [0.15, 0.2) is 6.61 Å². The maximum absolute atomic E-state index is 12.4. The molecule has 3 fully saturated rings. The summed E-state index contributed by atoms with van der Waals surface area (Å²) in [6.45, 7) is 2.04. The number of carbonyl (C=O) groups is 2. The van der Waals surface area contributed by atoms with E-state index in [2.05, 4.69) is 0 Å². The van der Waals surface area contributed by atoms with Crippen LogP contribution in [0.25, 0.3) is 0 Å². The van der Waals surface area contributed by atoms with Gasteiger partial charge in [-0.25, -0.2) is 0 Å². The second-order valence-electron chi connectivity index (χ2n) is 6.81. The van der Waals surface area contributed by atoms with Crippen LogP contribution in [-0.2, 0) is 14.3 Å². The highest BCUT2D eigenvalue weighted by molar-refractivity contribution is 5.80. The molecule has 1 aromatic carbocycles. The van der Waals surface area contributed by atoms with Crippen molar-refractivity contribution in [1.82, 2.24) is 9.80 Å². The number of para-hydroxylation sites is 1. The molecule has 1 saturated carbocycles. The highest BCUT2D eigenvalue weighted by atomic mass is 16.5. The maximum atomic E-state index is 12.4. The predicted molar refractivity (Wildman–Crippen MR) is 86.5 cm³/mol. The fourth-order valence-electron chi connectivity index (χ4n) is 3.44. The van der Waals surface area contributed by atoms with Crippen LogP contribution in [0.3, 0.4) is 0 Å². The third-order valence-corrected chi connectivity index (χ3v) is 4.99. The number of fused-ring (bicyclic) bond motifs is 1. The lowest BCUT2D eigenvalue weighted by atomic mass is 10.1. The molecule has 4 rings (SSSR count). The van der Waals surface area contributed by atoms with E-state index in [1.54, 1.807) is 4.90 Å². The molecule has 6 heteroatoms. The number of amides is 2. The average molecular weight is 330 g/mol. The number of hydrogen-bond donors (Lipinski definition) is 0. The normalized spacial score (nSPS) is 26.4. The van der Waals surface area contributed by atoms with Crippen LogP contribution < -0.4 is 4.74 Å². The Morgan fingerprint density at radius 2 is 2.00 bits per heavy atom. The molecular weight excluding hydrogens is 308 g/mol. The number of morpholine rings is 1. The van der Waals surface area contributed by atoms with E-state index in [1.165, 1.54) is 12.8 Å². The summed E-state index contributed by atoms with van der Waals surface area (Å²) < 4.78 is 11.2. The van der Waals surface area contributed by atoms with Gasteiger partial charge in [-0.2, -0.15) is 0 Å². The van der Waals surface area contributed by atoms with Crippen LogP contribution in [0, 0.1) is 5.92 Å². The average Bonchev–Trinajstić information content (AvgIpc) is 3.32. The van der Waals surface area contributed by atoms with Gasteiger partial charge in [0.25, 0.3) is 5.91 Å². The molecule has 2 amide bonds. The number of carbonyl (C=O) groups excluding carboxylic acids is 2. The van der Waals surface area contributed by atoms with E-state index in [9.17, 15) is 9.59 Å². The second-order valence-corrected chi connectivity index (χ2v) is 6.81. The van der Waals surface area contributed by atoms with Crippen LogP contribution >= 0.6 is 0 Å². The van der Waals surface area contributed by atoms with Crippen molar-refractivity contribution in [2.75, 3.05) is 32.8 Å². The van der Waals surface area contributed by atoms with Gasteiger partial charge in [0.2, 0.25) is 5.91 Å². The number of nitrogens with zero attached hydrogens (tertiary/aromatic N) is 2. The monoisotopic (exact) mass is 330 g/mol. The Labute approximate surface area is 141 Å². The van der Waals surface area contributed by atoms with Gasteiger partial charge in [-0.1, -0.05) is 18.2 Å².